The van der Waals surface area contributed by atoms with Crippen molar-refractivity contribution in [3.8, 4) is 55.6 Å². The van der Waals surface area contributed by atoms with Gasteiger partial charge < -0.3 is 4.90 Å². The zero-order valence-electron chi connectivity index (χ0n) is 33.6. The SMILES string of the molecule is c1ccc(-c2ccccc2-c2ccccc2-c2ccccc2N(c2ccc(-c3ccc4ccccc4c3)cc2)c2ccc(-c3ccc4c(ccc5ccccc54)c3)cc2)cc1. The van der Waals surface area contributed by atoms with Crippen molar-refractivity contribution >= 4 is 49.4 Å². The first kappa shape index (κ1) is 36.1. The van der Waals surface area contributed by atoms with Crippen molar-refractivity contribution in [1.82, 2.24) is 0 Å². The number of rotatable bonds is 8. The van der Waals surface area contributed by atoms with Crippen LogP contribution in [0.25, 0.3) is 88.0 Å². The van der Waals surface area contributed by atoms with Gasteiger partial charge >= 0.3 is 0 Å². The highest BCUT2D eigenvalue weighted by molar-refractivity contribution is 6.08. The van der Waals surface area contributed by atoms with Crippen molar-refractivity contribution in [2.75, 3.05) is 4.90 Å². The third kappa shape index (κ3) is 6.83. The van der Waals surface area contributed by atoms with E-state index in [1.807, 2.05) is 0 Å². The maximum atomic E-state index is 2.41. The summed E-state index contributed by atoms with van der Waals surface area (Å²) in [5.74, 6) is 0. The Balaban J connectivity index is 1.04. The maximum Gasteiger partial charge on any atom is 0.0540 e. The molecule has 1 heteroatoms. The zero-order chi connectivity index (χ0) is 40.5. The minimum absolute atomic E-state index is 1.09. The Labute approximate surface area is 357 Å². The van der Waals surface area contributed by atoms with Crippen LogP contribution in [-0.2, 0) is 0 Å². The molecule has 11 aromatic carbocycles. The van der Waals surface area contributed by atoms with E-state index in [4.69, 9.17) is 0 Å². The molecule has 0 aliphatic carbocycles. The van der Waals surface area contributed by atoms with E-state index in [0.29, 0.717) is 0 Å². The smallest absolute Gasteiger partial charge is 0.0540 e. The van der Waals surface area contributed by atoms with Crippen LogP contribution >= 0.6 is 0 Å². The van der Waals surface area contributed by atoms with Crippen LogP contribution < -0.4 is 4.90 Å². The van der Waals surface area contributed by atoms with E-state index in [1.165, 1.54) is 82.4 Å². The predicted molar refractivity (Wildman–Crippen MR) is 261 cm³/mol. The molecule has 286 valence electrons. The first-order chi connectivity index (χ1) is 30.2. The Morgan fingerprint density at radius 3 is 1.33 bits per heavy atom. The lowest BCUT2D eigenvalue weighted by atomic mass is 9.88. The molecule has 0 fully saturated rings. The molecule has 0 unspecified atom stereocenters. The van der Waals surface area contributed by atoms with Gasteiger partial charge in [0.25, 0.3) is 0 Å². The molecule has 0 N–H and O–H groups in total. The van der Waals surface area contributed by atoms with Crippen LogP contribution in [0.4, 0.5) is 17.1 Å². The lowest BCUT2D eigenvalue weighted by molar-refractivity contribution is 1.28. The summed E-state index contributed by atoms with van der Waals surface area (Å²) in [7, 11) is 0. The molecule has 0 amide bonds. The van der Waals surface area contributed by atoms with Gasteiger partial charge in [-0.1, -0.05) is 206 Å². The van der Waals surface area contributed by atoms with Gasteiger partial charge in [0.2, 0.25) is 0 Å². The highest BCUT2D eigenvalue weighted by atomic mass is 15.1. The standard InChI is InChI=1S/C60H41N/c1-2-15-45(16-3-1)54-20-8-9-21-56(54)57-22-10-11-23-58(57)59-24-12-13-25-60(59)61(51-35-30-43(31-36-51)48-28-26-42-14-4-5-18-47(42)40-48)52-37-32-44(33-38-52)49-34-39-55-50(41-49)29-27-46-17-6-7-19-53(46)55/h1-41H. The van der Waals surface area contributed by atoms with Gasteiger partial charge in [0, 0.05) is 16.9 Å². The number of hydrogen-bond acceptors (Lipinski definition) is 1. The number of fused-ring (bicyclic) bond motifs is 4. The van der Waals surface area contributed by atoms with Crippen LogP contribution in [0, 0.1) is 0 Å². The van der Waals surface area contributed by atoms with Crippen LogP contribution in [0.15, 0.2) is 249 Å². The molecule has 11 rings (SSSR count). The van der Waals surface area contributed by atoms with Crippen LogP contribution in [0.2, 0.25) is 0 Å². The summed E-state index contributed by atoms with van der Waals surface area (Å²) in [6.45, 7) is 0. The molecular formula is C60H41N. The van der Waals surface area contributed by atoms with Crippen molar-refractivity contribution in [2.24, 2.45) is 0 Å². The first-order valence-corrected chi connectivity index (χ1v) is 21.0. The fourth-order valence-electron chi connectivity index (χ4n) is 9.03. The predicted octanol–water partition coefficient (Wildman–Crippen LogP) is 17.0. The summed E-state index contributed by atoms with van der Waals surface area (Å²) in [5.41, 5.74) is 15.2. The van der Waals surface area contributed by atoms with Crippen molar-refractivity contribution in [2.45, 2.75) is 0 Å². The number of hydrogen-bond donors (Lipinski definition) is 0. The molecule has 11 aromatic rings. The summed E-state index contributed by atoms with van der Waals surface area (Å²) in [5, 5.41) is 7.56. The van der Waals surface area contributed by atoms with Gasteiger partial charge in [0.1, 0.15) is 0 Å². The van der Waals surface area contributed by atoms with Crippen molar-refractivity contribution in [3.05, 3.63) is 249 Å². The molecule has 0 aliphatic heterocycles. The van der Waals surface area contributed by atoms with Gasteiger partial charge in [-0.05, 0) is 125 Å². The van der Waals surface area contributed by atoms with Gasteiger partial charge in [-0.25, -0.2) is 0 Å². The maximum absolute atomic E-state index is 2.41. The molecular weight excluding hydrogens is 735 g/mol. The highest BCUT2D eigenvalue weighted by Gasteiger charge is 2.20. The van der Waals surface area contributed by atoms with E-state index >= 15 is 0 Å². The van der Waals surface area contributed by atoms with Gasteiger partial charge in [0.05, 0.1) is 5.69 Å². The van der Waals surface area contributed by atoms with Gasteiger partial charge in [-0.15, -0.1) is 0 Å². The molecule has 1 nitrogen and oxygen atoms in total. The van der Waals surface area contributed by atoms with Gasteiger partial charge in [-0.3, -0.25) is 0 Å². The molecule has 0 atom stereocenters. The Morgan fingerprint density at radius 1 is 0.213 bits per heavy atom. The van der Waals surface area contributed by atoms with E-state index < -0.39 is 0 Å². The van der Waals surface area contributed by atoms with Crippen LogP contribution in [0.5, 0.6) is 0 Å². The van der Waals surface area contributed by atoms with Crippen LogP contribution in [0.1, 0.15) is 0 Å². The van der Waals surface area contributed by atoms with E-state index in [2.05, 4.69) is 254 Å². The Hall–Kier alpha value is -8.00. The summed E-state index contributed by atoms with van der Waals surface area (Å²) in [6, 6.07) is 90.5. The average Bonchev–Trinajstić information content (AvgIpc) is 3.34. The molecule has 0 heterocycles. The lowest BCUT2D eigenvalue weighted by Crippen LogP contribution is -2.11. The van der Waals surface area contributed by atoms with E-state index in [-0.39, 0.29) is 0 Å². The Bertz CT molecular complexity index is 3340. The normalized spacial score (nSPS) is 11.3. The molecule has 0 aromatic heterocycles. The number of nitrogens with zero attached hydrogens (tertiary/aromatic N) is 1. The summed E-state index contributed by atoms with van der Waals surface area (Å²) >= 11 is 0. The second-order valence-corrected chi connectivity index (χ2v) is 15.7. The largest absolute Gasteiger partial charge is 0.310 e. The zero-order valence-corrected chi connectivity index (χ0v) is 33.6. The fraction of sp³-hybridized carbons (Fsp3) is 0. The third-order valence-corrected chi connectivity index (χ3v) is 12.1. The minimum atomic E-state index is 1.09. The lowest BCUT2D eigenvalue weighted by Gasteiger charge is -2.29. The molecule has 0 radical (unpaired) electrons. The quantitative estimate of drug-likeness (QED) is 0.139. The molecule has 0 spiro atoms. The monoisotopic (exact) mass is 775 g/mol. The van der Waals surface area contributed by atoms with Crippen molar-refractivity contribution in [3.63, 3.8) is 0 Å². The number of para-hydroxylation sites is 1. The summed E-state index contributed by atoms with van der Waals surface area (Å²) in [6.07, 6.45) is 0. The highest BCUT2D eigenvalue weighted by Crippen LogP contribution is 2.46. The van der Waals surface area contributed by atoms with Crippen LogP contribution in [-0.4, -0.2) is 0 Å². The second kappa shape index (κ2) is 15.6. The second-order valence-electron chi connectivity index (χ2n) is 15.7. The first-order valence-electron chi connectivity index (χ1n) is 21.0. The topological polar surface area (TPSA) is 3.24 Å². The molecule has 0 saturated heterocycles. The number of benzene rings is 11. The molecule has 0 aliphatic rings. The third-order valence-electron chi connectivity index (χ3n) is 12.1. The average molecular weight is 776 g/mol. The van der Waals surface area contributed by atoms with Gasteiger partial charge in [0.15, 0.2) is 0 Å². The van der Waals surface area contributed by atoms with Crippen molar-refractivity contribution in [1.29, 1.82) is 0 Å². The molecule has 61 heavy (non-hydrogen) atoms. The fourth-order valence-corrected chi connectivity index (χ4v) is 9.03. The molecule has 0 bridgehead atoms. The van der Waals surface area contributed by atoms with E-state index in [9.17, 15) is 0 Å². The summed E-state index contributed by atoms with van der Waals surface area (Å²) < 4.78 is 0. The number of anilines is 3. The van der Waals surface area contributed by atoms with Gasteiger partial charge in [-0.2, -0.15) is 0 Å². The van der Waals surface area contributed by atoms with E-state index in [1.54, 1.807) is 0 Å². The summed E-state index contributed by atoms with van der Waals surface area (Å²) in [4.78, 5) is 2.41. The Kier molecular flexibility index (Phi) is 9.26. The van der Waals surface area contributed by atoms with E-state index in [0.717, 1.165) is 22.6 Å². The van der Waals surface area contributed by atoms with Crippen molar-refractivity contribution < 1.29 is 0 Å². The van der Waals surface area contributed by atoms with Crippen LogP contribution in [0.3, 0.4) is 0 Å². The molecule has 0 saturated carbocycles. The minimum Gasteiger partial charge on any atom is -0.310 e. The Morgan fingerprint density at radius 2 is 0.639 bits per heavy atom.